The highest BCUT2D eigenvalue weighted by Gasteiger charge is 2.20. The molecule has 0 atom stereocenters. The van der Waals surface area contributed by atoms with Crippen LogP contribution < -0.4 is 5.32 Å². The van der Waals surface area contributed by atoms with Crippen LogP contribution in [0.15, 0.2) is 42.5 Å². The summed E-state index contributed by atoms with van der Waals surface area (Å²) in [7, 11) is 3.99. The summed E-state index contributed by atoms with van der Waals surface area (Å²) in [6.07, 6.45) is 0. The predicted octanol–water partition coefficient (Wildman–Crippen LogP) is 3.24. The second-order valence-electron chi connectivity index (χ2n) is 5.66. The van der Waals surface area contributed by atoms with Crippen LogP contribution in [0.4, 0.5) is 5.69 Å². The second-order valence-corrected chi connectivity index (χ2v) is 6.09. The molecule has 1 amide bonds. The molecular formula is C17H18ClN3O3. The molecule has 0 unspecified atom stereocenters. The number of halogens is 1. The van der Waals surface area contributed by atoms with Crippen LogP contribution in [0.2, 0.25) is 5.02 Å². The molecule has 0 saturated heterocycles. The van der Waals surface area contributed by atoms with E-state index in [-0.39, 0.29) is 16.3 Å². The summed E-state index contributed by atoms with van der Waals surface area (Å²) in [5.74, 6) is -0.504. The van der Waals surface area contributed by atoms with E-state index in [0.29, 0.717) is 6.54 Å². The fraction of sp³-hybridized carbons (Fsp3) is 0.235. The van der Waals surface area contributed by atoms with Gasteiger partial charge in [0.15, 0.2) is 0 Å². The molecule has 0 spiro atoms. The molecule has 0 heterocycles. The number of nitrogens with one attached hydrogen (secondary N) is 1. The highest BCUT2D eigenvalue weighted by atomic mass is 35.5. The number of carbonyl (C=O) groups excluding carboxylic acids is 1. The molecule has 0 aliphatic carbocycles. The third-order valence-electron chi connectivity index (χ3n) is 3.38. The first-order valence-electron chi connectivity index (χ1n) is 7.31. The topological polar surface area (TPSA) is 75.5 Å². The van der Waals surface area contributed by atoms with E-state index in [1.54, 1.807) is 0 Å². The third-order valence-corrected chi connectivity index (χ3v) is 3.61. The maximum atomic E-state index is 12.2. The van der Waals surface area contributed by atoms with Gasteiger partial charge < -0.3 is 10.2 Å². The van der Waals surface area contributed by atoms with E-state index >= 15 is 0 Å². The maximum Gasteiger partial charge on any atom is 0.283 e. The Bertz CT molecular complexity index is 745. The molecular weight excluding hydrogens is 330 g/mol. The fourth-order valence-electron chi connectivity index (χ4n) is 2.25. The molecule has 1 N–H and O–H groups in total. The third kappa shape index (κ3) is 4.78. The first-order valence-corrected chi connectivity index (χ1v) is 7.69. The summed E-state index contributed by atoms with van der Waals surface area (Å²) >= 11 is 5.75. The van der Waals surface area contributed by atoms with E-state index in [1.807, 2.05) is 38.4 Å². The van der Waals surface area contributed by atoms with Gasteiger partial charge in [-0.1, -0.05) is 35.9 Å². The van der Waals surface area contributed by atoms with Crippen LogP contribution in [-0.4, -0.2) is 29.8 Å². The van der Waals surface area contributed by atoms with Crippen LogP contribution in [0.25, 0.3) is 0 Å². The summed E-state index contributed by atoms with van der Waals surface area (Å²) in [5, 5.41) is 14.0. The van der Waals surface area contributed by atoms with E-state index < -0.39 is 10.8 Å². The SMILES string of the molecule is CN(C)Cc1ccc(CNC(=O)c2ccc(Cl)cc2[N+](=O)[O-])cc1. The van der Waals surface area contributed by atoms with Crippen LogP contribution in [-0.2, 0) is 13.1 Å². The molecule has 24 heavy (non-hydrogen) atoms. The molecule has 0 fully saturated rings. The molecule has 2 aromatic rings. The lowest BCUT2D eigenvalue weighted by Gasteiger charge is -2.10. The van der Waals surface area contributed by atoms with Crippen LogP contribution in [0.5, 0.6) is 0 Å². The van der Waals surface area contributed by atoms with Gasteiger partial charge in [-0.15, -0.1) is 0 Å². The van der Waals surface area contributed by atoms with E-state index in [2.05, 4.69) is 10.2 Å². The first kappa shape index (κ1) is 17.9. The Labute approximate surface area is 145 Å². The number of nitro benzene ring substituents is 1. The average Bonchev–Trinajstić information content (AvgIpc) is 2.53. The lowest BCUT2D eigenvalue weighted by Crippen LogP contribution is -2.23. The Morgan fingerprint density at radius 1 is 1.17 bits per heavy atom. The Balaban J connectivity index is 2.04. The summed E-state index contributed by atoms with van der Waals surface area (Å²) < 4.78 is 0. The normalized spacial score (nSPS) is 10.7. The van der Waals surface area contributed by atoms with Gasteiger partial charge in [0.2, 0.25) is 0 Å². The lowest BCUT2D eigenvalue weighted by molar-refractivity contribution is -0.385. The van der Waals surface area contributed by atoms with E-state index in [4.69, 9.17) is 11.6 Å². The van der Waals surface area contributed by atoms with E-state index in [0.717, 1.165) is 12.1 Å². The van der Waals surface area contributed by atoms with Gasteiger partial charge in [-0.2, -0.15) is 0 Å². The van der Waals surface area contributed by atoms with E-state index in [9.17, 15) is 14.9 Å². The molecule has 2 rings (SSSR count). The maximum absolute atomic E-state index is 12.2. The minimum atomic E-state index is -0.614. The summed E-state index contributed by atoms with van der Waals surface area (Å²) in [6.45, 7) is 1.13. The molecule has 0 aliphatic rings. The molecule has 126 valence electrons. The zero-order chi connectivity index (χ0) is 17.7. The van der Waals surface area contributed by atoms with Crippen molar-refractivity contribution < 1.29 is 9.72 Å². The van der Waals surface area contributed by atoms with Crippen LogP contribution in [0.1, 0.15) is 21.5 Å². The van der Waals surface area contributed by atoms with Gasteiger partial charge in [-0.05, 0) is 37.4 Å². The highest BCUT2D eigenvalue weighted by Crippen LogP contribution is 2.23. The summed E-state index contributed by atoms with van der Waals surface area (Å²) in [5.41, 5.74) is 1.78. The minimum absolute atomic E-state index is 0.00590. The zero-order valence-electron chi connectivity index (χ0n) is 13.5. The average molecular weight is 348 g/mol. The van der Waals surface area contributed by atoms with Crippen molar-refractivity contribution in [1.82, 2.24) is 10.2 Å². The van der Waals surface area contributed by atoms with Gasteiger partial charge in [0.1, 0.15) is 5.56 Å². The standard InChI is InChI=1S/C17H18ClN3O3/c1-20(2)11-13-5-3-12(4-6-13)10-19-17(22)15-8-7-14(18)9-16(15)21(23)24/h3-9H,10-11H2,1-2H3,(H,19,22). The largest absolute Gasteiger partial charge is 0.348 e. The summed E-state index contributed by atoms with van der Waals surface area (Å²) in [6, 6.07) is 11.8. The van der Waals surface area contributed by atoms with Crippen molar-refractivity contribution in [2.45, 2.75) is 13.1 Å². The molecule has 2 aromatic carbocycles. The number of nitro groups is 1. The highest BCUT2D eigenvalue weighted by molar-refractivity contribution is 6.31. The first-order chi connectivity index (χ1) is 11.4. The smallest absolute Gasteiger partial charge is 0.283 e. The Kier molecular flexibility index (Phi) is 5.89. The monoisotopic (exact) mass is 347 g/mol. The van der Waals surface area contributed by atoms with Crippen LogP contribution in [0, 0.1) is 10.1 Å². The molecule has 6 nitrogen and oxygen atoms in total. The molecule has 0 aromatic heterocycles. The minimum Gasteiger partial charge on any atom is -0.348 e. The van der Waals surface area contributed by atoms with Gasteiger partial charge in [-0.3, -0.25) is 14.9 Å². The predicted molar refractivity (Wildman–Crippen MR) is 93.1 cm³/mol. The van der Waals surface area contributed by atoms with Gasteiger partial charge in [0.25, 0.3) is 11.6 Å². The number of hydrogen-bond acceptors (Lipinski definition) is 4. The lowest BCUT2D eigenvalue weighted by atomic mass is 10.1. The van der Waals surface area contributed by atoms with Crippen LogP contribution in [0.3, 0.4) is 0 Å². The Morgan fingerprint density at radius 3 is 2.38 bits per heavy atom. The number of hydrogen-bond donors (Lipinski definition) is 1. The molecule has 0 saturated carbocycles. The molecule has 0 aliphatic heterocycles. The van der Waals surface area contributed by atoms with Gasteiger partial charge in [0, 0.05) is 24.2 Å². The Hall–Kier alpha value is -2.44. The summed E-state index contributed by atoms with van der Waals surface area (Å²) in [4.78, 5) is 24.7. The van der Waals surface area contributed by atoms with Gasteiger partial charge in [-0.25, -0.2) is 0 Å². The molecule has 7 heteroatoms. The van der Waals surface area contributed by atoms with E-state index in [1.165, 1.54) is 23.8 Å². The van der Waals surface area contributed by atoms with Crippen molar-refractivity contribution in [2.24, 2.45) is 0 Å². The second kappa shape index (κ2) is 7.90. The van der Waals surface area contributed by atoms with Crippen molar-refractivity contribution in [3.05, 3.63) is 74.3 Å². The van der Waals surface area contributed by atoms with Crippen LogP contribution >= 0.6 is 11.6 Å². The van der Waals surface area contributed by atoms with Gasteiger partial charge >= 0.3 is 0 Å². The van der Waals surface area contributed by atoms with Crippen molar-refractivity contribution in [3.8, 4) is 0 Å². The number of benzene rings is 2. The van der Waals surface area contributed by atoms with Crippen molar-refractivity contribution in [2.75, 3.05) is 14.1 Å². The number of amides is 1. The number of nitrogens with zero attached hydrogens (tertiary/aromatic N) is 2. The van der Waals surface area contributed by atoms with Crippen molar-refractivity contribution in [3.63, 3.8) is 0 Å². The quantitative estimate of drug-likeness (QED) is 0.643. The Morgan fingerprint density at radius 2 is 1.79 bits per heavy atom. The number of rotatable bonds is 6. The van der Waals surface area contributed by atoms with Gasteiger partial charge in [0.05, 0.1) is 4.92 Å². The number of carbonyl (C=O) groups is 1. The zero-order valence-corrected chi connectivity index (χ0v) is 14.2. The molecule has 0 radical (unpaired) electrons. The fourth-order valence-corrected chi connectivity index (χ4v) is 2.42. The van der Waals surface area contributed by atoms with Crippen molar-refractivity contribution >= 4 is 23.2 Å². The molecule has 0 bridgehead atoms. The van der Waals surface area contributed by atoms with Crippen molar-refractivity contribution in [1.29, 1.82) is 0 Å².